The van der Waals surface area contributed by atoms with Gasteiger partial charge in [0.1, 0.15) is 18.8 Å². The molecule has 8 nitrogen and oxygen atoms in total. The molecule has 1 fully saturated rings. The first-order valence-corrected chi connectivity index (χ1v) is 11.0. The van der Waals surface area contributed by atoms with Crippen LogP contribution in [0.2, 0.25) is 0 Å². The highest BCUT2D eigenvalue weighted by atomic mass is 79.9. The Labute approximate surface area is 200 Å². The molecule has 1 aliphatic heterocycles. The van der Waals surface area contributed by atoms with Crippen LogP contribution in [-0.4, -0.2) is 42.5 Å². The third kappa shape index (κ3) is 6.01. The molecule has 1 heterocycles. The van der Waals surface area contributed by atoms with Crippen LogP contribution in [-0.2, 0) is 9.59 Å². The monoisotopic (exact) mass is 513 g/mol. The maximum Gasteiger partial charge on any atom is 0.329 e. The third-order valence-corrected chi connectivity index (χ3v) is 5.18. The molecule has 0 bridgehead atoms. The van der Waals surface area contributed by atoms with E-state index < -0.39 is 24.4 Å². The molecule has 0 aromatic heterocycles. The fraction of sp³-hybridized carbons (Fsp3) is 0.208. The van der Waals surface area contributed by atoms with E-state index in [0.29, 0.717) is 40.4 Å². The van der Waals surface area contributed by atoms with Crippen LogP contribution in [0.5, 0.6) is 11.5 Å². The number of ether oxygens (including phenoxy) is 2. The largest absolute Gasteiger partial charge is 0.490 e. The van der Waals surface area contributed by atoms with E-state index in [1.165, 1.54) is 6.08 Å². The lowest BCUT2D eigenvalue weighted by Gasteiger charge is -2.14. The van der Waals surface area contributed by atoms with Crippen molar-refractivity contribution >= 4 is 45.5 Å². The zero-order valence-corrected chi connectivity index (χ0v) is 19.9. The number of imide groups is 1. The smallest absolute Gasteiger partial charge is 0.329 e. The molecule has 0 radical (unpaired) electrons. The Morgan fingerprint density at radius 2 is 1.94 bits per heavy atom. The number of carbonyl (C=O) groups excluding carboxylic acids is 3. The van der Waals surface area contributed by atoms with Gasteiger partial charge in [0, 0.05) is 5.69 Å². The number of urea groups is 1. The molecular weight excluding hydrogens is 490 g/mol. The van der Waals surface area contributed by atoms with Crippen molar-refractivity contribution in [1.29, 1.82) is 0 Å². The van der Waals surface area contributed by atoms with Crippen LogP contribution in [0, 0.1) is 6.92 Å². The highest BCUT2D eigenvalue weighted by molar-refractivity contribution is 9.10. The first kappa shape index (κ1) is 24.1. The van der Waals surface area contributed by atoms with E-state index in [1.54, 1.807) is 30.3 Å². The van der Waals surface area contributed by atoms with E-state index in [-0.39, 0.29) is 5.70 Å². The van der Waals surface area contributed by atoms with E-state index in [2.05, 4.69) is 33.1 Å². The molecule has 0 spiro atoms. The summed E-state index contributed by atoms with van der Waals surface area (Å²) >= 11 is 3.45. The summed E-state index contributed by atoms with van der Waals surface area (Å²) in [6.45, 7) is 7.72. The van der Waals surface area contributed by atoms with Gasteiger partial charge in [-0.1, -0.05) is 30.4 Å². The lowest BCUT2D eigenvalue weighted by atomic mass is 10.1. The number of hydrogen-bond donors (Lipinski definition) is 2. The maximum atomic E-state index is 12.8. The second kappa shape index (κ2) is 10.8. The minimum Gasteiger partial charge on any atom is -0.490 e. The van der Waals surface area contributed by atoms with Crippen molar-refractivity contribution in [2.45, 2.75) is 13.8 Å². The van der Waals surface area contributed by atoms with Gasteiger partial charge < -0.3 is 20.1 Å². The van der Waals surface area contributed by atoms with E-state index >= 15 is 0 Å². The molecule has 33 heavy (non-hydrogen) atoms. The van der Waals surface area contributed by atoms with E-state index in [0.717, 1.165) is 10.5 Å². The maximum absolute atomic E-state index is 12.8. The van der Waals surface area contributed by atoms with Gasteiger partial charge in [0.25, 0.3) is 5.91 Å². The van der Waals surface area contributed by atoms with Gasteiger partial charge in [0.2, 0.25) is 5.91 Å². The fourth-order valence-corrected chi connectivity index (χ4v) is 3.65. The molecule has 0 unspecified atom stereocenters. The number of halogens is 1. The number of nitrogens with zero attached hydrogens (tertiary/aromatic N) is 1. The second-order valence-electron chi connectivity index (χ2n) is 7.16. The number of nitrogens with one attached hydrogen (secondary N) is 2. The van der Waals surface area contributed by atoms with Gasteiger partial charge in [-0.15, -0.1) is 0 Å². The average molecular weight is 514 g/mol. The first-order valence-electron chi connectivity index (χ1n) is 10.2. The number of aryl methyl sites for hydroxylation is 1. The summed E-state index contributed by atoms with van der Waals surface area (Å²) in [6.07, 6.45) is 3.14. The first-order chi connectivity index (χ1) is 15.8. The molecule has 9 heteroatoms. The number of benzene rings is 2. The summed E-state index contributed by atoms with van der Waals surface area (Å²) in [6, 6.07) is 9.98. The van der Waals surface area contributed by atoms with Gasteiger partial charge in [0.15, 0.2) is 11.5 Å². The molecule has 1 aliphatic rings. The summed E-state index contributed by atoms with van der Waals surface area (Å²) in [5.41, 5.74) is 2.29. The lowest BCUT2D eigenvalue weighted by Crippen LogP contribution is -2.38. The van der Waals surface area contributed by atoms with Gasteiger partial charge in [-0.3, -0.25) is 9.59 Å². The van der Waals surface area contributed by atoms with Crippen molar-refractivity contribution in [3.05, 3.63) is 70.3 Å². The normalized spacial score (nSPS) is 14.3. The number of hydrogen-bond acceptors (Lipinski definition) is 5. The van der Waals surface area contributed by atoms with Crippen molar-refractivity contribution in [3.63, 3.8) is 0 Å². The van der Waals surface area contributed by atoms with Crippen LogP contribution < -0.4 is 20.1 Å². The molecule has 172 valence electrons. The highest BCUT2D eigenvalue weighted by Crippen LogP contribution is 2.37. The molecule has 3 rings (SSSR count). The minimum atomic E-state index is -0.666. The van der Waals surface area contributed by atoms with Crippen molar-refractivity contribution in [3.8, 4) is 11.5 Å². The van der Waals surface area contributed by atoms with Gasteiger partial charge >= 0.3 is 6.03 Å². The predicted molar refractivity (Wildman–Crippen MR) is 129 cm³/mol. The Bertz CT molecular complexity index is 1110. The zero-order valence-electron chi connectivity index (χ0n) is 18.3. The lowest BCUT2D eigenvalue weighted by molar-refractivity contribution is -0.127. The second-order valence-corrected chi connectivity index (χ2v) is 8.01. The molecule has 0 saturated carbocycles. The van der Waals surface area contributed by atoms with E-state index in [9.17, 15) is 14.4 Å². The summed E-state index contributed by atoms with van der Waals surface area (Å²) in [5, 5.41) is 5.19. The number of rotatable bonds is 9. The van der Waals surface area contributed by atoms with Crippen LogP contribution in [0.4, 0.5) is 10.5 Å². The number of amides is 4. The van der Waals surface area contributed by atoms with Crippen LogP contribution in [0.1, 0.15) is 18.1 Å². The predicted octanol–water partition coefficient (Wildman–Crippen LogP) is 4.25. The zero-order chi connectivity index (χ0) is 24.0. The summed E-state index contributed by atoms with van der Waals surface area (Å²) in [4.78, 5) is 38.3. The van der Waals surface area contributed by atoms with Crippen LogP contribution in [0.15, 0.2) is 59.2 Å². The molecule has 2 N–H and O–H groups in total. The quantitative estimate of drug-likeness (QED) is 0.296. The topological polar surface area (TPSA) is 97.0 Å². The number of carbonyl (C=O) groups is 3. The Hall–Kier alpha value is -3.59. The highest BCUT2D eigenvalue weighted by Gasteiger charge is 2.35. The molecule has 2 aromatic carbocycles. The van der Waals surface area contributed by atoms with Crippen molar-refractivity contribution in [2.24, 2.45) is 0 Å². The van der Waals surface area contributed by atoms with Gasteiger partial charge in [0.05, 0.1) is 11.1 Å². The Morgan fingerprint density at radius 3 is 2.61 bits per heavy atom. The Balaban J connectivity index is 1.76. The molecular formula is C24H24BrN3O5. The molecule has 0 atom stereocenters. The molecule has 4 amide bonds. The van der Waals surface area contributed by atoms with Gasteiger partial charge in [-0.25, -0.2) is 9.69 Å². The Kier molecular flexibility index (Phi) is 7.89. The average Bonchev–Trinajstić information content (AvgIpc) is 3.02. The van der Waals surface area contributed by atoms with Gasteiger partial charge in [-0.05, 0) is 65.7 Å². The Morgan fingerprint density at radius 1 is 1.21 bits per heavy atom. The van der Waals surface area contributed by atoms with Crippen molar-refractivity contribution in [2.75, 3.05) is 25.1 Å². The van der Waals surface area contributed by atoms with Crippen LogP contribution in [0.25, 0.3) is 6.08 Å². The minimum absolute atomic E-state index is 0.0530. The van der Waals surface area contributed by atoms with Crippen molar-refractivity contribution < 1.29 is 23.9 Å². The molecule has 1 saturated heterocycles. The van der Waals surface area contributed by atoms with Crippen molar-refractivity contribution in [1.82, 2.24) is 10.2 Å². The van der Waals surface area contributed by atoms with Crippen LogP contribution in [0.3, 0.4) is 0 Å². The third-order valence-electron chi connectivity index (χ3n) is 4.59. The van der Waals surface area contributed by atoms with Gasteiger partial charge in [-0.2, -0.15) is 0 Å². The van der Waals surface area contributed by atoms with E-state index in [1.807, 2.05) is 26.0 Å². The fourth-order valence-electron chi connectivity index (χ4n) is 3.08. The van der Waals surface area contributed by atoms with E-state index in [4.69, 9.17) is 9.47 Å². The summed E-state index contributed by atoms with van der Waals surface area (Å²) in [5.74, 6) is -0.0874. The summed E-state index contributed by atoms with van der Waals surface area (Å²) in [7, 11) is 0. The molecule has 2 aromatic rings. The number of anilines is 1. The standard InChI is InChI=1S/C24H24BrN3O5/c1-4-10-33-22-18(25)11-16(13-20(22)32-5-2)12-19-23(30)28(24(31)27-19)14-21(29)26-17-8-6-15(3)7-9-17/h4,6-9,11-13H,1,5,10,14H2,2-3H3,(H,26,29)(H,27,31)/b19-12+. The SMILES string of the molecule is C=CCOc1c(Br)cc(/C=C2/NC(=O)N(CC(=O)Nc3ccc(C)cc3)C2=O)cc1OCC. The summed E-state index contributed by atoms with van der Waals surface area (Å²) < 4.78 is 11.9. The molecule has 0 aliphatic carbocycles. The van der Waals surface area contributed by atoms with Crippen LogP contribution >= 0.6 is 15.9 Å².